The smallest absolute Gasteiger partial charge is 0.133 e. The molecule has 1 fully saturated rings. The molecule has 0 atom stereocenters. The third-order valence-corrected chi connectivity index (χ3v) is 4.35. The van der Waals surface area contributed by atoms with E-state index < -0.39 is 0 Å². The lowest BCUT2D eigenvalue weighted by molar-refractivity contribution is 0.148. The number of hydrogen-bond donors (Lipinski definition) is 0. The number of pyridine rings is 1. The summed E-state index contributed by atoms with van der Waals surface area (Å²) in [4.78, 5) is 9.16. The monoisotopic (exact) mass is 301 g/mol. The van der Waals surface area contributed by atoms with Gasteiger partial charge in [-0.1, -0.05) is 41.9 Å². The molecule has 2 heterocycles. The number of halogens is 1. The summed E-state index contributed by atoms with van der Waals surface area (Å²) in [6.45, 7) is 5.28. The summed E-state index contributed by atoms with van der Waals surface area (Å²) in [5, 5.41) is 0.619. The van der Waals surface area contributed by atoms with Crippen LogP contribution in [-0.4, -0.2) is 48.0 Å². The van der Waals surface area contributed by atoms with E-state index >= 15 is 0 Å². The molecule has 1 aromatic carbocycles. The van der Waals surface area contributed by atoms with Crippen LogP contribution in [0.3, 0.4) is 0 Å². The van der Waals surface area contributed by atoms with Crippen molar-refractivity contribution in [2.75, 3.05) is 33.2 Å². The highest BCUT2D eigenvalue weighted by Crippen LogP contribution is 2.24. The minimum absolute atomic E-state index is 0.619. The Hall–Kier alpha value is -1.42. The molecule has 4 heteroatoms. The molecule has 1 aliphatic heterocycles. The largest absolute Gasteiger partial charge is 0.304 e. The number of rotatable bonds is 3. The van der Waals surface area contributed by atoms with Gasteiger partial charge < -0.3 is 4.90 Å². The van der Waals surface area contributed by atoms with Crippen LogP contribution in [0.2, 0.25) is 5.15 Å². The van der Waals surface area contributed by atoms with Crippen molar-refractivity contribution in [1.82, 2.24) is 14.8 Å². The SMILES string of the molecule is CN1CCN(Cc2cc(-c3ccccc3)cnc2Cl)CC1. The zero-order valence-electron chi connectivity index (χ0n) is 12.3. The van der Waals surface area contributed by atoms with Crippen LogP contribution in [0.5, 0.6) is 0 Å². The molecule has 1 saturated heterocycles. The predicted molar refractivity (Wildman–Crippen MR) is 87.5 cm³/mol. The zero-order valence-corrected chi connectivity index (χ0v) is 13.1. The Kier molecular flexibility index (Phi) is 4.54. The second kappa shape index (κ2) is 6.56. The molecule has 0 bridgehead atoms. The molecule has 3 rings (SSSR count). The Bertz CT molecular complexity index is 592. The van der Waals surface area contributed by atoms with Crippen LogP contribution in [-0.2, 0) is 6.54 Å². The minimum atomic E-state index is 0.619. The summed E-state index contributed by atoms with van der Waals surface area (Å²) < 4.78 is 0. The van der Waals surface area contributed by atoms with Crippen LogP contribution < -0.4 is 0 Å². The Morgan fingerprint density at radius 1 is 1.05 bits per heavy atom. The highest BCUT2D eigenvalue weighted by atomic mass is 35.5. The Morgan fingerprint density at radius 3 is 2.48 bits per heavy atom. The van der Waals surface area contributed by atoms with Gasteiger partial charge in [0.25, 0.3) is 0 Å². The molecule has 0 unspecified atom stereocenters. The topological polar surface area (TPSA) is 19.4 Å². The van der Waals surface area contributed by atoms with E-state index in [1.807, 2.05) is 24.4 Å². The molecule has 1 aromatic heterocycles. The highest BCUT2D eigenvalue weighted by molar-refractivity contribution is 6.30. The maximum absolute atomic E-state index is 6.28. The van der Waals surface area contributed by atoms with Gasteiger partial charge in [-0.25, -0.2) is 4.98 Å². The summed E-state index contributed by atoms with van der Waals surface area (Å²) in [6.07, 6.45) is 1.85. The average Bonchev–Trinajstić information content (AvgIpc) is 2.52. The number of nitrogens with zero attached hydrogens (tertiary/aromatic N) is 3. The quantitative estimate of drug-likeness (QED) is 0.812. The van der Waals surface area contributed by atoms with Gasteiger partial charge in [-0.15, -0.1) is 0 Å². The molecular formula is C17H20ClN3. The van der Waals surface area contributed by atoms with Crippen LogP contribution in [0.1, 0.15) is 5.56 Å². The first-order valence-electron chi connectivity index (χ1n) is 7.33. The number of likely N-dealkylation sites (N-methyl/N-ethyl adjacent to an activating group) is 1. The molecule has 1 aliphatic rings. The first-order valence-corrected chi connectivity index (χ1v) is 7.71. The second-order valence-electron chi connectivity index (χ2n) is 5.62. The van der Waals surface area contributed by atoms with Gasteiger partial charge in [0.2, 0.25) is 0 Å². The van der Waals surface area contributed by atoms with Crippen LogP contribution in [0.4, 0.5) is 0 Å². The Labute approximate surface area is 131 Å². The van der Waals surface area contributed by atoms with E-state index in [9.17, 15) is 0 Å². The Morgan fingerprint density at radius 2 is 1.76 bits per heavy atom. The fourth-order valence-electron chi connectivity index (χ4n) is 2.64. The molecule has 0 amide bonds. The van der Waals surface area contributed by atoms with E-state index in [2.05, 4.69) is 40.0 Å². The van der Waals surface area contributed by atoms with E-state index in [0.717, 1.165) is 43.9 Å². The third-order valence-electron chi connectivity index (χ3n) is 4.01. The minimum Gasteiger partial charge on any atom is -0.304 e. The van der Waals surface area contributed by atoms with E-state index in [1.54, 1.807) is 0 Å². The van der Waals surface area contributed by atoms with Gasteiger partial charge in [0.15, 0.2) is 0 Å². The van der Waals surface area contributed by atoms with E-state index in [-0.39, 0.29) is 0 Å². The summed E-state index contributed by atoms with van der Waals surface area (Å²) >= 11 is 6.28. The van der Waals surface area contributed by atoms with Crippen molar-refractivity contribution in [3.8, 4) is 11.1 Å². The molecule has 0 N–H and O–H groups in total. The molecule has 2 aromatic rings. The number of piperazine rings is 1. The molecular weight excluding hydrogens is 282 g/mol. The van der Waals surface area contributed by atoms with Crippen molar-refractivity contribution < 1.29 is 0 Å². The van der Waals surface area contributed by atoms with Gasteiger partial charge in [0, 0.05) is 50.0 Å². The van der Waals surface area contributed by atoms with Gasteiger partial charge in [-0.05, 0) is 18.7 Å². The second-order valence-corrected chi connectivity index (χ2v) is 5.98. The van der Waals surface area contributed by atoms with Crippen LogP contribution in [0.15, 0.2) is 42.6 Å². The van der Waals surface area contributed by atoms with Gasteiger partial charge in [0.05, 0.1) is 0 Å². The normalized spacial score (nSPS) is 17.0. The van der Waals surface area contributed by atoms with Crippen LogP contribution in [0, 0.1) is 0 Å². The summed E-state index contributed by atoms with van der Waals surface area (Å²) in [6, 6.07) is 12.5. The summed E-state index contributed by atoms with van der Waals surface area (Å²) in [5.74, 6) is 0. The number of benzene rings is 1. The van der Waals surface area contributed by atoms with Gasteiger partial charge in [-0.2, -0.15) is 0 Å². The first kappa shape index (κ1) is 14.5. The summed E-state index contributed by atoms with van der Waals surface area (Å²) in [5.41, 5.74) is 3.42. The molecule has 0 radical (unpaired) electrons. The van der Waals surface area contributed by atoms with Crippen molar-refractivity contribution in [1.29, 1.82) is 0 Å². The fraction of sp³-hybridized carbons (Fsp3) is 0.353. The highest BCUT2D eigenvalue weighted by Gasteiger charge is 2.16. The van der Waals surface area contributed by atoms with Gasteiger partial charge in [-0.3, -0.25) is 4.90 Å². The predicted octanol–water partition coefficient (Wildman–Crippen LogP) is 3.15. The van der Waals surface area contributed by atoms with E-state index in [0.29, 0.717) is 5.15 Å². The van der Waals surface area contributed by atoms with E-state index in [1.165, 1.54) is 5.56 Å². The fourth-order valence-corrected chi connectivity index (χ4v) is 2.80. The summed E-state index contributed by atoms with van der Waals surface area (Å²) in [7, 11) is 2.17. The molecule has 0 spiro atoms. The number of hydrogen-bond acceptors (Lipinski definition) is 3. The molecule has 21 heavy (non-hydrogen) atoms. The molecule has 0 aliphatic carbocycles. The molecule has 0 saturated carbocycles. The van der Waals surface area contributed by atoms with Crippen molar-refractivity contribution in [2.24, 2.45) is 0 Å². The maximum atomic E-state index is 6.28. The van der Waals surface area contributed by atoms with Gasteiger partial charge in [0.1, 0.15) is 5.15 Å². The van der Waals surface area contributed by atoms with Crippen molar-refractivity contribution in [3.05, 3.63) is 53.3 Å². The zero-order chi connectivity index (χ0) is 14.7. The van der Waals surface area contributed by atoms with Crippen molar-refractivity contribution >= 4 is 11.6 Å². The average molecular weight is 302 g/mol. The van der Waals surface area contributed by atoms with E-state index in [4.69, 9.17) is 11.6 Å². The number of aromatic nitrogens is 1. The lowest BCUT2D eigenvalue weighted by Gasteiger charge is -2.32. The maximum Gasteiger partial charge on any atom is 0.133 e. The van der Waals surface area contributed by atoms with Crippen LogP contribution >= 0.6 is 11.6 Å². The van der Waals surface area contributed by atoms with Crippen molar-refractivity contribution in [3.63, 3.8) is 0 Å². The van der Waals surface area contributed by atoms with Gasteiger partial charge >= 0.3 is 0 Å². The molecule has 3 nitrogen and oxygen atoms in total. The third kappa shape index (κ3) is 3.62. The standard InChI is InChI=1S/C17H20ClN3/c1-20-7-9-21(10-8-20)13-16-11-15(12-19-17(16)18)14-5-3-2-4-6-14/h2-6,11-12H,7-10,13H2,1H3. The lowest BCUT2D eigenvalue weighted by atomic mass is 10.1. The lowest BCUT2D eigenvalue weighted by Crippen LogP contribution is -2.43. The van der Waals surface area contributed by atoms with Crippen molar-refractivity contribution in [2.45, 2.75) is 6.54 Å². The Balaban J connectivity index is 1.79. The first-order chi connectivity index (χ1) is 10.2. The molecule has 110 valence electrons. The van der Waals surface area contributed by atoms with Crippen LogP contribution in [0.25, 0.3) is 11.1 Å².